The van der Waals surface area contributed by atoms with E-state index in [0.29, 0.717) is 18.6 Å². The van der Waals surface area contributed by atoms with Crippen molar-refractivity contribution in [3.63, 3.8) is 0 Å². The molecule has 32 heavy (non-hydrogen) atoms. The molecule has 0 amide bonds. The third kappa shape index (κ3) is 5.70. The van der Waals surface area contributed by atoms with E-state index in [1.807, 2.05) is 31.2 Å². The number of amidine groups is 1. The van der Waals surface area contributed by atoms with Crippen molar-refractivity contribution >= 4 is 64.1 Å². The number of carbonyl (C=O) groups is 1. The minimum absolute atomic E-state index is 0. The summed E-state index contributed by atoms with van der Waals surface area (Å²) in [6, 6.07) is 14.2. The van der Waals surface area contributed by atoms with E-state index >= 15 is 0 Å². The van der Waals surface area contributed by atoms with Gasteiger partial charge in [-0.3, -0.25) is 10.2 Å². The Balaban J connectivity index is 0.00000181. The first-order valence-corrected chi connectivity index (χ1v) is 10.9. The van der Waals surface area contributed by atoms with Crippen LogP contribution in [0.1, 0.15) is 46.4 Å². The van der Waals surface area contributed by atoms with Crippen LogP contribution in [0.4, 0.5) is 0 Å². The van der Waals surface area contributed by atoms with Crippen LogP contribution in [0, 0.1) is 5.41 Å². The van der Waals surface area contributed by atoms with E-state index in [1.165, 1.54) is 11.1 Å². The number of ether oxygens (including phenoxy) is 1. The highest BCUT2D eigenvalue weighted by Crippen LogP contribution is 2.34. The number of nitrogens with one attached hydrogen (secondary N) is 2. The van der Waals surface area contributed by atoms with E-state index in [2.05, 4.69) is 35.7 Å². The van der Waals surface area contributed by atoms with Gasteiger partial charge in [0, 0.05) is 28.2 Å². The van der Waals surface area contributed by atoms with Crippen molar-refractivity contribution in [2.45, 2.75) is 32.4 Å². The van der Waals surface area contributed by atoms with Gasteiger partial charge in [0.15, 0.2) is 0 Å². The first kappa shape index (κ1) is 25.9. The van der Waals surface area contributed by atoms with Crippen LogP contribution < -0.4 is 11.1 Å². The van der Waals surface area contributed by atoms with E-state index < -0.39 is 0 Å². The van der Waals surface area contributed by atoms with E-state index in [9.17, 15) is 4.79 Å². The predicted octanol–water partition coefficient (Wildman–Crippen LogP) is 5.38. The molecule has 0 spiro atoms. The Bertz CT molecular complexity index is 1140. The molecular formula is C24H27Cl2N3O2S. The molecule has 0 bridgehead atoms. The second kappa shape index (κ2) is 11.5. The van der Waals surface area contributed by atoms with Gasteiger partial charge in [0.25, 0.3) is 0 Å². The molecule has 1 atom stereocenters. The summed E-state index contributed by atoms with van der Waals surface area (Å²) in [5, 5.41) is 12.0. The first-order chi connectivity index (χ1) is 14.5. The zero-order chi connectivity index (χ0) is 21.1. The number of halogens is 2. The number of hydrogen-bond donors (Lipinski definition) is 3. The van der Waals surface area contributed by atoms with Gasteiger partial charge in [-0.15, -0.1) is 36.2 Å². The van der Waals surface area contributed by atoms with Gasteiger partial charge in [0.2, 0.25) is 0 Å². The zero-order valence-electron chi connectivity index (χ0n) is 17.7. The highest BCUT2D eigenvalue weighted by atomic mass is 35.5. The lowest BCUT2D eigenvalue weighted by Gasteiger charge is -2.12. The molecular weight excluding hydrogens is 465 g/mol. The van der Waals surface area contributed by atoms with E-state index in [4.69, 9.17) is 15.9 Å². The number of carbonyl (C=O) groups excluding carboxylic acids is 1. The van der Waals surface area contributed by atoms with Crippen molar-refractivity contribution < 1.29 is 9.53 Å². The average molecular weight is 492 g/mol. The van der Waals surface area contributed by atoms with E-state index in [-0.39, 0.29) is 42.5 Å². The Morgan fingerprint density at radius 3 is 2.72 bits per heavy atom. The SMILES string of the molecule is CCOC(=O)C(C/C=C/c1ccc2c(c1)CNC2)c1cc2cc(C(=N)N)ccc2s1.Cl.Cl. The highest BCUT2D eigenvalue weighted by molar-refractivity contribution is 7.19. The third-order valence-corrected chi connectivity index (χ3v) is 6.53. The Labute approximate surface area is 204 Å². The normalized spacial score (nSPS) is 13.3. The average Bonchev–Trinajstić information content (AvgIpc) is 3.36. The molecule has 170 valence electrons. The van der Waals surface area contributed by atoms with Crippen molar-refractivity contribution in [1.29, 1.82) is 5.41 Å². The van der Waals surface area contributed by atoms with Crippen LogP contribution in [0.15, 0.2) is 48.5 Å². The molecule has 0 saturated heterocycles. The molecule has 8 heteroatoms. The van der Waals surface area contributed by atoms with Crippen LogP contribution in [-0.2, 0) is 22.6 Å². The van der Waals surface area contributed by atoms with Gasteiger partial charge < -0.3 is 15.8 Å². The molecule has 0 aliphatic carbocycles. The molecule has 4 N–H and O–H groups in total. The standard InChI is InChI=1S/C24H25N3O2S.2ClH/c1-2-29-24(28)20(5-3-4-15-6-7-17-13-27-14-19(17)10-15)22-12-18-11-16(23(25)26)8-9-21(18)30-22;;/h3-4,6-12,20,27H,2,5,13-14H2,1H3,(H3,25,26);2*1H/b4-3+;;. The van der Waals surface area contributed by atoms with E-state index in [1.54, 1.807) is 11.3 Å². The van der Waals surface area contributed by atoms with Gasteiger partial charge in [-0.1, -0.05) is 30.4 Å². The molecule has 2 heterocycles. The molecule has 5 nitrogen and oxygen atoms in total. The fourth-order valence-corrected chi connectivity index (χ4v) is 4.88. The maximum atomic E-state index is 12.7. The number of allylic oxidation sites excluding steroid dienone is 1. The summed E-state index contributed by atoms with van der Waals surface area (Å²) in [5.41, 5.74) is 10.1. The molecule has 1 aromatic heterocycles. The number of thiophene rings is 1. The Hall–Kier alpha value is -2.38. The minimum atomic E-state index is -0.351. The quantitative estimate of drug-likeness (QED) is 0.235. The van der Waals surface area contributed by atoms with Gasteiger partial charge >= 0.3 is 5.97 Å². The topological polar surface area (TPSA) is 88.2 Å². The van der Waals surface area contributed by atoms with Crippen molar-refractivity contribution in [2.24, 2.45) is 5.73 Å². The van der Waals surface area contributed by atoms with Crippen molar-refractivity contribution in [1.82, 2.24) is 5.32 Å². The van der Waals surface area contributed by atoms with Crippen molar-refractivity contribution in [3.8, 4) is 0 Å². The molecule has 0 fully saturated rings. The number of fused-ring (bicyclic) bond motifs is 2. The van der Waals surface area contributed by atoms with Crippen LogP contribution in [0.3, 0.4) is 0 Å². The first-order valence-electron chi connectivity index (χ1n) is 10.1. The van der Waals surface area contributed by atoms with Gasteiger partial charge in [-0.25, -0.2) is 0 Å². The number of rotatable bonds is 7. The largest absolute Gasteiger partial charge is 0.465 e. The Morgan fingerprint density at radius 2 is 1.97 bits per heavy atom. The van der Waals surface area contributed by atoms with Crippen LogP contribution in [0.5, 0.6) is 0 Å². The molecule has 1 unspecified atom stereocenters. The fraction of sp³-hybridized carbons (Fsp3) is 0.250. The summed E-state index contributed by atoms with van der Waals surface area (Å²) in [6.45, 7) is 4.03. The summed E-state index contributed by atoms with van der Waals surface area (Å²) in [7, 11) is 0. The third-order valence-electron chi connectivity index (χ3n) is 5.30. The summed E-state index contributed by atoms with van der Waals surface area (Å²) in [4.78, 5) is 13.6. The minimum Gasteiger partial charge on any atom is -0.465 e. The summed E-state index contributed by atoms with van der Waals surface area (Å²) in [6.07, 6.45) is 4.70. The van der Waals surface area contributed by atoms with Crippen molar-refractivity contribution in [2.75, 3.05) is 6.61 Å². The number of nitrogens with two attached hydrogens (primary N) is 1. The predicted molar refractivity (Wildman–Crippen MR) is 137 cm³/mol. The molecule has 4 rings (SSSR count). The lowest BCUT2D eigenvalue weighted by molar-refractivity contribution is -0.144. The van der Waals surface area contributed by atoms with Gasteiger partial charge in [-0.05, 0) is 59.7 Å². The Morgan fingerprint density at radius 1 is 1.19 bits per heavy atom. The number of benzene rings is 2. The molecule has 2 aromatic carbocycles. The molecule has 3 aromatic rings. The second-order valence-electron chi connectivity index (χ2n) is 7.39. The summed E-state index contributed by atoms with van der Waals surface area (Å²) < 4.78 is 6.42. The Kier molecular flexibility index (Phi) is 9.28. The summed E-state index contributed by atoms with van der Waals surface area (Å²) >= 11 is 1.59. The van der Waals surface area contributed by atoms with Gasteiger partial charge in [0.05, 0.1) is 12.5 Å². The number of nitrogen functional groups attached to an aromatic ring is 1. The maximum Gasteiger partial charge on any atom is 0.314 e. The molecule has 1 aliphatic heterocycles. The lowest BCUT2D eigenvalue weighted by atomic mass is 10.0. The second-order valence-corrected chi connectivity index (χ2v) is 8.50. The molecule has 1 aliphatic rings. The zero-order valence-corrected chi connectivity index (χ0v) is 20.2. The lowest BCUT2D eigenvalue weighted by Crippen LogP contribution is -2.14. The maximum absolute atomic E-state index is 12.7. The monoisotopic (exact) mass is 491 g/mol. The summed E-state index contributed by atoms with van der Waals surface area (Å²) in [5.74, 6) is -0.520. The number of esters is 1. The van der Waals surface area contributed by atoms with Crippen LogP contribution in [0.25, 0.3) is 16.2 Å². The highest BCUT2D eigenvalue weighted by Gasteiger charge is 2.23. The van der Waals surface area contributed by atoms with Crippen LogP contribution >= 0.6 is 36.2 Å². The van der Waals surface area contributed by atoms with Gasteiger partial charge in [0.1, 0.15) is 5.84 Å². The molecule has 0 saturated carbocycles. The van der Waals surface area contributed by atoms with Crippen molar-refractivity contribution in [3.05, 3.63) is 75.7 Å². The number of hydrogen-bond acceptors (Lipinski definition) is 5. The smallest absolute Gasteiger partial charge is 0.314 e. The fourth-order valence-electron chi connectivity index (χ4n) is 3.73. The van der Waals surface area contributed by atoms with Gasteiger partial charge in [-0.2, -0.15) is 0 Å². The van der Waals surface area contributed by atoms with E-state index in [0.717, 1.165) is 33.6 Å². The molecule has 0 radical (unpaired) electrons. The van der Waals surface area contributed by atoms with Crippen LogP contribution in [0.2, 0.25) is 0 Å². The van der Waals surface area contributed by atoms with Crippen LogP contribution in [-0.4, -0.2) is 18.4 Å².